The number of rotatable bonds is 7. The second kappa shape index (κ2) is 9.13. The topological polar surface area (TPSA) is 117 Å². The molecule has 0 saturated carbocycles. The number of thiazole rings is 1. The average Bonchev–Trinajstić information content (AvgIpc) is 3.00. The Balaban J connectivity index is 2.14. The number of aryl methyl sites for hydroxylation is 2. The van der Waals surface area contributed by atoms with Crippen molar-refractivity contribution in [3.63, 3.8) is 0 Å². The fraction of sp³-hybridized carbons (Fsp3) is 0.333. The van der Waals surface area contributed by atoms with E-state index in [1.807, 2.05) is 24.3 Å². The number of anilines is 2. The van der Waals surface area contributed by atoms with Crippen molar-refractivity contribution in [3.05, 3.63) is 40.4 Å². The standard InChI is InChI=1S/C18H23N5O3S/c1-11(24)21-18-22-14(9-6-12-4-7-13(19)8-5-12)16(27-18)17(26)20-10-15(25)23(2)3/h4-5,7-8H,6,9-10,19H2,1-3H3,(H,20,26)(H,21,22,24). The molecule has 9 heteroatoms. The molecule has 0 bridgehead atoms. The Labute approximate surface area is 161 Å². The summed E-state index contributed by atoms with van der Waals surface area (Å²) in [4.78, 5) is 41.7. The third-order valence-electron chi connectivity index (χ3n) is 3.72. The van der Waals surface area contributed by atoms with Crippen LogP contribution in [0.25, 0.3) is 0 Å². The van der Waals surface area contributed by atoms with Crippen molar-refractivity contribution in [3.8, 4) is 0 Å². The van der Waals surface area contributed by atoms with Crippen LogP contribution in [0.1, 0.15) is 27.9 Å². The van der Waals surface area contributed by atoms with Crippen LogP contribution in [0, 0.1) is 0 Å². The van der Waals surface area contributed by atoms with Crippen molar-refractivity contribution >= 4 is 39.9 Å². The van der Waals surface area contributed by atoms with Crippen molar-refractivity contribution in [1.29, 1.82) is 0 Å². The summed E-state index contributed by atoms with van der Waals surface area (Å²) >= 11 is 1.09. The van der Waals surface area contributed by atoms with Crippen LogP contribution >= 0.6 is 11.3 Å². The molecule has 0 aliphatic heterocycles. The summed E-state index contributed by atoms with van der Waals surface area (Å²) in [6.45, 7) is 1.28. The number of hydrogen-bond acceptors (Lipinski definition) is 6. The normalized spacial score (nSPS) is 10.3. The molecule has 1 aromatic carbocycles. The van der Waals surface area contributed by atoms with Crippen molar-refractivity contribution in [2.45, 2.75) is 19.8 Å². The molecule has 0 unspecified atom stereocenters. The van der Waals surface area contributed by atoms with Crippen LogP contribution in [-0.4, -0.2) is 48.2 Å². The van der Waals surface area contributed by atoms with Gasteiger partial charge in [0, 0.05) is 26.7 Å². The first-order valence-corrected chi connectivity index (χ1v) is 9.18. The molecule has 0 spiro atoms. The number of nitrogens with one attached hydrogen (secondary N) is 2. The minimum atomic E-state index is -0.383. The number of nitrogen functional groups attached to an aromatic ring is 1. The maximum absolute atomic E-state index is 12.5. The minimum absolute atomic E-state index is 0.101. The number of aromatic nitrogens is 1. The number of nitrogens with two attached hydrogens (primary N) is 1. The smallest absolute Gasteiger partial charge is 0.263 e. The zero-order chi connectivity index (χ0) is 20.0. The maximum atomic E-state index is 12.5. The van der Waals surface area contributed by atoms with Crippen LogP contribution in [0.2, 0.25) is 0 Å². The molecule has 0 aliphatic rings. The van der Waals surface area contributed by atoms with Gasteiger partial charge in [-0.15, -0.1) is 0 Å². The van der Waals surface area contributed by atoms with E-state index in [9.17, 15) is 14.4 Å². The van der Waals surface area contributed by atoms with Gasteiger partial charge in [-0.3, -0.25) is 14.4 Å². The molecule has 0 saturated heterocycles. The van der Waals surface area contributed by atoms with Crippen LogP contribution in [0.15, 0.2) is 24.3 Å². The van der Waals surface area contributed by atoms with Crippen LogP contribution in [0.5, 0.6) is 0 Å². The summed E-state index contributed by atoms with van der Waals surface area (Å²) in [6, 6.07) is 7.48. The lowest BCUT2D eigenvalue weighted by Crippen LogP contribution is -2.36. The third kappa shape index (κ3) is 6.07. The van der Waals surface area contributed by atoms with Gasteiger partial charge in [-0.2, -0.15) is 0 Å². The molecule has 0 radical (unpaired) electrons. The van der Waals surface area contributed by atoms with E-state index in [2.05, 4.69) is 15.6 Å². The molecule has 4 N–H and O–H groups in total. The van der Waals surface area contributed by atoms with E-state index in [1.54, 1.807) is 14.1 Å². The van der Waals surface area contributed by atoms with Crippen LogP contribution in [0.4, 0.5) is 10.8 Å². The number of carbonyl (C=O) groups excluding carboxylic acids is 3. The summed E-state index contributed by atoms with van der Waals surface area (Å²) in [5.74, 6) is -0.853. The predicted molar refractivity (Wildman–Crippen MR) is 106 cm³/mol. The Kier molecular flexibility index (Phi) is 6.89. The summed E-state index contributed by atoms with van der Waals surface area (Å²) in [6.07, 6.45) is 1.19. The van der Waals surface area contributed by atoms with E-state index < -0.39 is 0 Å². The van der Waals surface area contributed by atoms with Crippen molar-refractivity contribution in [2.75, 3.05) is 31.7 Å². The maximum Gasteiger partial charge on any atom is 0.263 e. The highest BCUT2D eigenvalue weighted by atomic mass is 32.1. The van der Waals surface area contributed by atoms with Gasteiger partial charge < -0.3 is 21.3 Å². The second-order valence-corrected chi connectivity index (χ2v) is 7.19. The SMILES string of the molecule is CC(=O)Nc1nc(CCc2ccc(N)cc2)c(C(=O)NCC(=O)N(C)C)s1. The number of hydrogen-bond donors (Lipinski definition) is 3. The van der Waals surface area contributed by atoms with Crippen molar-refractivity contribution in [1.82, 2.24) is 15.2 Å². The molecule has 8 nitrogen and oxygen atoms in total. The number of amides is 3. The molecule has 0 atom stereocenters. The van der Waals surface area contributed by atoms with E-state index in [0.29, 0.717) is 34.2 Å². The quantitative estimate of drug-likeness (QED) is 0.617. The van der Waals surface area contributed by atoms with Gasteiger partial charge in [0.2, 0.25) is 11.8 Å². The number of likely N-dealkylation sites (N-methyl/N-ethyl adjacent to an activating group) is 1. The minimum Gasteiger partial charge on any atom is -0.399 e. The molecule has 0 aliphatic carbocycles. The molecular weight excluding hydrogens is 366 g/mol. The molecule has 2 rings (SSSR count). The van der Waals surface area contributed by atoms with Gasteiger partial charge in [0.25, 0.3) is 5.91 Å². The van der Waals surface area contributed by atoms with Crippen molar-refractivity contribution < 1.29 is 14.4 Å². The highest BCUT2D eigenvalue weighted by Crippen LogP contribution is 2.24. The lowest BCUT2D eigenvalue weighted by Gasteiger charge is -2.10. The largest absolute Gasteiger partial charge is 0.399 e. The Bertz CT molecular complexity index is 830. The first-order valence-electron chi connectivity index (χ1n) is 8.36. The highest BCUT2D eigenvalue weighted by molar-refractivity contribution is 7.17. The van der Waals surface area contributed by atoms with E-state index in [4.69, 9.17) is 5.73 Å². The Hall–Kier alpha value is -2.94. The molecule has 1 aromatic heterocycles. The van der Waals surface area contributed by atoms with Gasteiger partial charge in [-0.1, -0.05) is 23.5 Å². The molecule has 144 valence electrons. The molecule has 1 heterocycles. The summed E-state index contributed by atoms with van der Waals surface area (Å²) in [5, 5.41) is 5.57. The lowest BCUT2D eigenvalue weighted by atomic mass is 10.1. The van der Waals surface area contributed by atoms with E-state index in [0.717, 1.165) is 16.9 Å². The van der Waals surface area contributed by atoms with Gasteiger partial charge >= 0.3 is 0 Å². The Morgan fingerprint density at radius 1 is 1.15 bits per heavy atom. The van der Waals surface area contributed by atoms with Crippen LogP contribution in [0.3, 0.4) is 0 Å². The number of benzene rings is 1. The number of carbonyl (C=O) groups is 3. The van der Waals surface area contributed by atoms with E-state index >= 15 is 0 Å². The van der Waals surface area contributed by atoms with E-state index in [1.165, 1.54) is 11.8 Å². The van der Waals surface area contributed by atoms with Crippen LogP contribution < -0.4 is 16.4 Å². The van der Waals surface area contributed by atoms with E-state index in [-0.39, 0.29) is 24.3 Å². The fourth-order valence-corrected chi connectivity index (χ4v) is 3.22. The third-order valence-corrected chi connectivity index (χ3v) is 4.73. The molecule has 3 amide bonds. The molecule has 2 aromatic rings. The first-order chi connectivity index (χ1) is 12.8. The van der Waals surface area contributed by atoms with Crippen molar-refractivity contribution in [2.24, 2.45) is 0 Å². The Morgan fingerprint density at radius 3 is 2.41 bits per heavy atom. The predicted octanol–water partition coefficient (Wildman–Crippen LogP) is 1.29. The lowest BCUT2D eigenvalue weighted by molar-refractivity contribution is -0.127. The summed E-state index contributed by atoms with van der Waals surface area (Å²) in [7, 11) is 3.24. The van der Waals surface area contributed by atoms with Gasteiger partial charge in [0.05, 0.1) is 12.2 Å². The molecule has 0 fully saturated rings. The summed E-state index contributed by atoms with van der Waals surface area (Å²) < 4.78 is 0. The average molecular weight is 389 g/mol. The zero-order valence-electron chi connectivity index (χ0n) is 15.5. The molecule has 27 heavy (non-hydrogen) atoms. The van der Waals surface area contributed by atoms with Crippen LogP contribution in [-0.2, 0) is 22.4 Å². The van der Waals surface area contributed by atoms with Gasteiger partial charge in [-0.25, -0.2) is 4.98 Å². The fourth-order valence-electron chi connectivity index (χ4n) is 2.24. The van der Waals surface area contributed by atoms with Gasteiger partial charge in [0.1, 0.15) is 4.88 Å². The summed E-state index contributed by atoms with van der Waals surface area (Å²) in [5.41, 5.74) is 8.02. The molecular formula is C18H23N5O3S. The second-order valence-electron chi connectivity index (χ2n) is 6.19. The first kappa shape index (κ1) is 20.4. The number of nitrogens with zero attached hydrogens (tertiary/aromatic N) is 2. The van der Waals surface area contributed by atoms with Gasteiger partial charge in [-0.05, 0) is 30.5 Å². The Morgan fingerprint density at radius 2 is 1.81 bits per heavy atom. The highest BCUT2D eigenvalue weighted by Gasteiger charge is 2.19. The monoisotopic (exact) mass is 389 g/mol. The zero-order valence-corrected chi connectivity index (χ0v) is 16.4. The van der Waals surface area contributed by atoms with Gasteiger partial charge in [0.15, 0.2) is 5.13 Å².